The third kappa shape index (κ3) is 3.66. The second-order valence-corrected chi connectivity index (χ2v) is 4.44. The van der Waals surface area contributed by atoms with E-state index in [0.29, 0.717) is 0 Å². The molecular formula is C12H16ClFN2O2. The Balaban J connectivity index is 2.66. The van der Waals surface area contributed by atoms with Crippen molar-refractivity contribution in [3.05, 3.63) is 34.6 Å². The molecule has 0 bridgehead atoms. The topological polar surface area (TPSA) is 75.4 Å². The van der Waals surface area contributed by atoms with Crippen LogP contribution in [0.5, 0.6) is 0 Å². The van der Waals surface area contributed by atoms with Gasteiger partial charge in [0.25, 0.3) is 0 Å². The third-order valence-electron chi connectivity index (χ3n) is 2.60. The average Bonchev–Trinajstić information content (AvgIpc) is 2.34. The molecule has 1 rings (SSSR count). The number of hydrogen-bond donors (Lipinski definition) is 3. The molecule has 0 fully saturated rings. The van der Waals surface area contributed by atoms with Crippen LogP contribution in [0, 0.1) is 11.7 Å². The molecule has 2 atom stereocenters. The van der Waals surface area contributed by atoms with Gasteiger partial charge in [-0.3, -0.25) is 4.79 Å². The van der Waals surface area contributed by atoms with Crippen molar-refractivity contribution in [1.82, 2.24) is 5.32 Å². The molecule has 0 heterocycles. The lowest BCUT2D eigenvalue weighted by molar-refractivity contribution is -0.124. The fourth-order valence-electron chi connectivity index (χ4n) is 1.41. The van der Waals surface area contributed by atoms with Gasteiger partial charge in [-0.05, 0) is 12.1 Å². The zero-order valence-corrected chi connectivity index (χ0v) is 10.7. The Kier molecular flexibility index (Phi) is 5.53. The first-order valence-electron chi connectivity index (χ1n) is 5.57. The molecule has 0 radical (unpaired) electrons. The van der Waals surface area contributed by atoms with Crippen molar-refractivity contribution in [3.63, 3.8) is 0 Å². The van der Waals surface area contributed by atoms with Crippen molar-refractivity contribution < 1.29 is 14.3 Å². The van der Waals surface area contributed by atoms with Gasteiger partial charge >= 0.3 is 0 Å². The Labute approximate surface area is 110 Å². The predicted molar refractivity (Wildman–Crippen MR) is 67.6 cm³/mol. The number of benzene rings is 1. The second-order valence-electron chi connectivity index (χ2n) is 4.03. The molecule has 2 unspecified atom stereocenters. The van der Waals surface area contributed by atoms with Crippen LogP contribution >= 0.6 is 11.6 Å². The maximum absolute atomic E-state index is 13.5. The molecule has 0 aliphatic rings. The summed E-state index contributed by atoms with van der Waals surface area (Å²) in [6.07, 6.45) is -1.19. The number of aliphatic hydroxyl groups excluding tert-OH is 1. The molecule has 0 aliphatic heterocycles. The summed E-state index contributed by atoms with van der Waals surface area (Å²) in [6, 6.07) is 4.13. The number of carbonyl (C=O) groups is 1. The van der Waals surface area contributed by atoms with Gasteiger partial charge in [-0.15, -0.1) is 0 Å². The van der Waals surface area contributed by atoms with Gasteiger partial charge < -0.3 is 16.2 Å². The molecule has 0 aliphatic carbocycles. The standard InChI is InChI=1S/C12H16ClFN2O2/c1-7(5-15)12(18)16-6-10(17)11-8(13)3-2-4-9(11)14/h2-4,7,10,17H,5-6,15H2,1H3,(H,16,18). The number of carbonyl (C=O) groups excluding carboxylic acids is 1. The SMILES string of the molecule is CC(CN)C(=O)NCC(O)c1c(F)cccc1Cl. The highest BCUT2D eigenvalue weighted by Crippen LogP contribution is 2.25. The quantitative estimate of drug-likeness (QED) is 0.756. The van der Waals surface area contributed by atoms with Crippen LogP contribution in [0.3, 0.4) is 0 Å². The third-order valence-corrected chi connectivity index (χ3v) is 2.93. The Morgan fingerprint density at radius 1 is 1.61 bits per heavy atom. The number of halogens is 2. The Morgan fingerprint density at radius 3 is 2.83 bits per heavy atom. The van der Waals surface area contributed by atoms with E-state index >= 15 is 0 Å². The number of nitrogens with one attached hydrogen (secondary N) is 1. The molecule has 18 heavy (non-hydrogen) atoms. The minimum Gasteiger partial charge on any atom is -0.386 e. The second kappa shape index (κ2) is 6.68. The summed E-state index contributed by atoms with van der Waals surface area (Å²) < 4.78 is 13.5. The van der Waals surface area contributed by atoms with Crippen molar-refractivity contribution in [2.24, 2.45) is 11.7 Å². The molecule has 0 saturated heterocycles. The molecular weight excluding hydrogens is 259 g/mol. The first-order chi connectivity index (χ1) is 8.47. The lowest BCUT2D eigenvalue weighted by atomic mass is 10.1. The van der Waals surface area contributed by atoms with E-state index in [0.717, 1.165) is 0 Å². The van der Waals surface area contributed by atoms with E-state index in [1.165, 1.54) is 18.2 Å². The van der Waals surface area contributed by atoms with Crippen molar-refractivity contribution in [3.8, 4) is 0 Å². The van der Waals surface area contributed by atoms with Crippen LogP contribution in [0.4, 0.5) is 4.39 Å². The van der Waals surface area contributed by atoms with E-state index < -0.39 is 11.9 Å². The summed E-state index contributed by atoms with van der Waals surface area (Å²) in [5.41, 5.74) is 5.32. The molecule has 1 aromatic carbocycles. The van der Waals surface area contributed by atoms with Gasteiger partial charge in [-0.2, -0.15) is 0 Å². The van der Waals surface area contributed by atoms with Crippen LogP contribution in [-0.4, -0.2) is 24.1 Å². The molecule has 1 aromatic rings. The predicted octanol–water partition coefficient (Wildman–Crippen LogP) is 1.22. The van der Waals surface area contributed by atoms with Gasteiger partial charge in [0, 0.05) is 29.6 Å². The minimum atomic E-state index is -1.19. The normalized spacial score (nSPS) is 14.1. The molecule has 0 spiro atoms. The summed E-state index contributed by atoms with van der Waals surface area (Å²) >= 11 is 5.80. The van der Waals surface area contributed by atoms with Crippen LogP contribution in [0.1, 0.15) is 18.6 Å². The van der Waals surface area contributed by atoms with Crippen LogP contribution in [0.15, 0.2) is 18.2 Å². The fourth-order valence-corrected chi connectivity index (χ4v) is 1.70. The maximum Gasteiger partial charge on any atom is 0.224 e. The largest absolute Gasteiger partial charge is 0.386 e. The Bertz CT molecular complexity index is 408. The van der Waals surface area contributed by atoms with E-state index in [-0.39, 0.29) is 35.5 Å². The fraction of sp³-hybridized carbons (Fsp3) is 0.417. The molecule has 6 heteroatoms. The zero-order valence-electron chi connectivity index (χ0n) is 9.99. The van der Waals surface area contributed by atoms with Crippen molar-refractivity contribution in [2.75, 3.05) is 13.1 Å². The summed E-state index contributed by atoms with van der Waals surface area (Å²) in [5, 5.41) is 12.4. The smallest absolute Gasteiger partial charge is 0.224 e. The maximum atomic E-state index is 13.5. The van der Waals surface area contributed by atoms with Gasteiger partial charge in [-0.25, -0.2) is 4.39 Å². The van der Waals surface area contributed by atoms with E-state index in [1.54, 1.807) is 6.92 Å². The summed E-state index contributed by atoms with van der Waals surface area (Å²) in [6.45, 7) is 1.77. The summed E-state index contributed by atoms with van der Waals surface area (Å²) in [7, 11) is 0. The van der Waals surface area contributed by atoms with Gasteiger partial charge in [-0.1, -0.05) is 24.6 Å². The van der Waals surface area contributed by atoms with Crippen LogP contribution in [-0.2, 0) is 4.79 Å². The number of rotatable bonds is 5. The molecule has 1 amide bonds. The van der Waals surface area contributed by atoms with E-state index in [2.05, 4.69) is 5.32 Å². The van der Waals surface area contributed by atoms with Crippen molar-refractivity contribution in [1.29, 1.82) is 0 Å². The summed E-state index contributed by atoms with van der Waals surface area (Å²) in [5.74, 6) is -1.24. The number of amides is 1. The lowest BCUT2D eigenvalue weighted by Gasteiger charge is -2.16. The molecule has 4 N–H and O–H groups in total. The molecule has 0 saturated carbocycles. The molecule has 4 nitrogen and oxygen atoms in total. The van der Waals surface area contributed by atoms with Crippen molar-refractivity contribution >= 4 is 17.5 Å². The Hall–Kier alpha value is -1.17. The van der Waals surface area contributed by atoms with Gasteiger partial charge in [0.1, 0.15) is 11.9 Å². The Morgan fingerprint density at radius 2 is 2.28 bits per heavy atom. The highest BCUT2D eigenvalue weighted by molar-refractivity contribution is 6.31. The number of nitrogens with two attached hydrogens (primary N) is 1. The highest BCUT2D eigenvalue weighted by atomic mass is 35.5. The summed E-state index contributed by atoms with van der Waals surface area (Å²) in [4.78, 5) is 11.5. The average molecular weight is 275 g/mol. The highest BCUT2D eigenvalue weighted by Gasteiger charge is 2.18. The zero-order chi connectivity index (χ0) is 13.7. The minimum absolute atomic E-state index is 0.0140. The first kappa shape index (κ1) is 14.9. The first-order valence-corrected chi connectivity index (χ1v) is 5.95. The van der Waals surface area contributed by atoms with Crippen LogP contribution in [0.2, 0.25) is 5.02 Å². The number of hydrogen-bond acceptors (Lipinski definition) is 3. The van der Waals surface area contributed by atoms with Crippen LogP contribution < -0.4 is 11.1 Å². The molecule has 100 valence electrons. The van der Waals surface area contributed by atoms with E-state index in [4.69, 9.17) is 17.3 Å². The number of aliphatic hydroxyl groups is 1. The lowest BCUT2D eigenvalue weighted by Crippen LogP contribution is -2.35. The van der Waals surface area contributed by atoms with Gasteiger partial charge in [0.15, 0.2) is 0 Å². The van der Waals surface area contributed by atoms with Crippen LogP contribution in [0.25, 0.3) is 0 Å². The van der Waals surface area contributed by atoms with Crippen molar-refractivity contribution in [2.45, 2.75) is 13.0 Å². The van der Waals surface area contributed by atoms with Gasteiger partial charge in [0.2, 0.25) is 5.91 Å². The van der Waals surface area contributed by atoms with E-state index in [9.17, 15) is 14.3 Å². The molecule has 0 aromatic heterocycles. The van der Waals surface area contributed by atoms with E-state index in [1.807, 2.05) is 0 Å². The van der Waals surface area contributed by atoms with Gasteiger partial charge in [0.05, 0.1) is 0 Å². The monoisotopic (exact) mass is 274 g/mol.